The molecule has 3 nitrogen and oxygen atoms in total. The first-order valence-corrected chi connectivity index (χ1v) is 7.66. The van der Waals surface area contributed by atoms with Crippen LogP contribution in [0.15, 0.2) is 35.1 Å². The summed E-state index contributed by atoms with van der Waals surface area (Å²) in [6, 6.07) is 9.57. The molecule has 3 rings (SSSR count). The number of benzene rings is 1. The molecule has 3 aromatic rings. The first-order chi connectivity index (χ1) is 9.69. The molecule has 1 N–H and O–H groups in total. The van der Waals surface area contributed by atoms with E-state index in [0.717, 1.165) is 34.6 Å². The molecule has 0 bridgehead atoms. The van der Waals surface area contributed by atoms with Crippen molar-refractivity contribution in [2.45, 2.75) is 19.8 Å². The summed E-state index contributed by atoms with van der Waals surface area (Å²) in [5.41, 5.74) is 1.62. The van der Waals surface area contributed by atoms with Gasteiger partial charge in [-0.1, -0.05) is 36.7 Å². The second-order valence-corrected chi connectivity index (χ2v) is 6.03. The number of aromatic nitrogens is 2. The number of halogens is 1. The van der Waals surface area contributed by atoms with Crippen molar-refractivity contribution in [3.8, 4) is 10.4 Å². The van der Waals surface area contributed by atoms with Crippen LogP contribution in [0.5, 0.6) is 0 Å². The van der Waals surface area contributed by atoms with Gasteiger partial charge in [-0.25, -0.2) is 4.98 Å². The zero-order chi connectivity index (χ0) is 14.1. The topological polar surface area (TPSA) is 45.8 Å². The number of thiophene rings is 1. The maximum Gasteiger partial charge on any atom is 0.268 e. The van der Waals surface area contributed by atoms with Crippen LogP contribution < -0.4 is 5.56 Å². The fourth-order valence-electron chi connectivity index (χ4n) is 2.14. The van der Waals surface area contributed by atoms with Crippen LogP contribution >= 0.6 is 22.9 Å². The molecule has 1 aromatic carbocycles. The van der Waals surface area contributed by atoms with Gasteiger partial charge in [0, 0.05) is 21.9 Å². The minimum atomic E-state index is -0.0678. The molecule has 2 heterocycles. The van der Waals surface area contributed by atoms with Gasteiger partial charge in [-0.2, -0.15) is 0 Å². The molecule has 0 unspecified atom stereocenters. The lowest BCUT2D eigenvalue weighted by Gasteiger charge is -1.98. The van der Waals surface area contributed by atoms with Gasteiger partial charge in [0.05, 0.1) is 5.52 Å². The minimum absolute atomic E-state index is 0.0678. The lowest BCUT2D eigenvalue weighted by molar-refractivity contribution is 0.838. The number of fused-ring (bicyclic) bond motifs is 1. The van der Waals surface area contributed by atoms with Crippen LogP contribution in [0.3, 0.4) is 0 Å². The average Bonchev–Trinajstić information content (AvgIpc) is 2.84. The molecule has 0 fully saturated rings. The monoisotopic (exact) mass is 304 g/mol. The molecule has 2 aromatic heterocycles. The molecule has 0 saturated carbocycles. The predicted octanol–water partition coefficient (Wildman–Crippen LogP) is 4.26. The van der Waals surface area contributed by atoms with E-state index in [1.54, 1.807) is 0 Å². The van der Waals surface area contributed by atoms with Crippen LogP contribution in [0.2, 0.25) is 5.02 Å². The van der Waals surface area contributed by atoms with Gasteiger partial charge in [0.15, 0.2) is 0 Å². The highest BCUT2D eigenvalue weighted by Crippen LogP contribution is 2.34. The minimum Gasteiger partial charge on any atom is -0.309 e. The third kappa shape index (κ3) is 2.37. The Morgan fingerprint density at radius 1 is 1.35 bits per heavy atom. The van der Waals surface area contributed by atoms with Crippen molar-refractivity contribution >= 4 is 33.2 Å². The normalized spacial score (nSPS) is 11.1. The standard InChI is InChI=1S/C15H13ClN2OS/c1-2-5-13-17-11-8-12(20-14(11)15(19)18-13)9-6-3-4-7-10(9)16/h3-4,6-8H,2,5H2,1H3,(H,17,18,19). The SMILES string of the molecule is CCCc1nc2cc(-c3ccccc3Cl)sc2c(=O)[nH]1. The summed E-state index contributed by atoms with van der Waals surface area (Å²) >= 11 is 7.63. The summed E-state index contributed by atoms with van der Waals surface area (Å²) in [5, 5.41) is 0.685. The van der Waals surface area contributed by atoms with Gasteiger partial charge in [-0.05, 0) is 18.6 Å². The predicted molar refractivity (Wildman–Crippen MR) is 84.7 cm³/mol. The highest BCUT2D eigenvalue weighted by atomic mass is 35.5. The van der Waals surface area contributed by atoms with Crippen LogP contribution in [0.25, 0.3) is 20.7 Å². The number of hydrogen-bond acceptors (Lipinski definition) is 3. The highest BCUT2D eigenvalue weighted by Gasteiger charge is 2.11. The van der Waals surface area contributed by atoms with Gasteiger partial charge in [-0.3, -0.25) is 4.79 Å². The second-order valence-electron chi connectivity index (χ2n) is 4.57. The number of hydrogen-bond donors (Lipinski definition) is 1. The highest BCUT2D eigenvalue weighted by molar-refractivity contribution is 7.22. The summed E-state index contributed by atoms with van der Waals surface area (Å²) in [7, 11) is 0. The van der Waals surface area contributed by atoms with E-state index in [2.05, 4.69) is 16.9 Å². The Labute approximate surface area is 125 Å². The van der Waals surface area contributed by atoms with Crippen molar-refractivity contribution < 1.29 is 0 Å². The molecule has 20 heavy (non-hydrogen) atoms. The van der Waals surface area contributed by atoms with E-state index < -0.39 is 0 Å². The summed E-state index contributed by atoms with van der Waals surface area (Å²) in [4.78, 5) is 20.4. The van der Waals surface area contributed by atoms with E-state index in [9.17, 15) is 4.79 Å². The molecule has 0 aliphatic rings. The Bertz CT molecular complexity index is 822. The Balaban J connectivity index is 2.18. The number of rotatable bonds is 3. The Hall–Kier alpha value is -1.65. The van der Waals surface area contributed by atoms with Crippen LogP contribution in [-0.4, -0.2) is 9.97 Å². The summed E-state index contributed by atoms with van der Waals surface area (Å²) in [6.07, 6.45) is 1.73. The van der Waals surface area contributed by atoms with Crippen molar-refractivity contribution in [3.63, 3.8) is 0 Å². The fraction of sp³-hybridized carbons (Fsp3) is 0.200. The Morgan fingerprint density at radius 3 is 2.90 bits per heavy atom. The molecule has 0 atom stereocenters. The van der Waals surface area contributed by atoms with Gasteiger partial charge in [-0.15, -0.1) is 11.3 Å². The lowest BCUT2D eigenvalue weighted by atomic mass is 10.2. The zero-order valence-corrected chi connectivity index (χ0v) is 12.5. The zero-order valence-electron chi connectivity index (χ0n) is 10.9. The number of aryl methyl sites for hydroxylation is 1. The first kappa shape index (κ1) is 13.3. The van der Waals surface area contributed by atoms with Gasteiger partial charge in [0.25, 0.3) is 5.56 Å². The van der Waals surface area contributed by atoms with Gasteiger partial charge >= 0.3 is 0 Å². The lowest BCUT2D eigenvalue weighted by Crippen LogP contribution is -2.09. The Morgan fingerprint density at radius 2 is 2.15 bits per heavy atom. The summed E-state index contributed by atoms with van der Waals surface area (Å²) < 4.78 is 0.653. The van der Waals surface area contributed by atoms with E-state index in [4.69, 9.17) is 11.6 Å². The molecule has 5 heteroatoms. The molecule has 0 radical (unpaired) electrons. The number of aromatic amines is 1. The van der Waals surface area contributed by atoms with Crippen molar-refractivity contribution in [1.29, 1.82) is 0 Å². The molecule has 0 saturated heterocycles. The number of nitrogens with zero attached hydrogens (tertiary/aromatic N) is 1. The molecule has 102 valence electrons. The maximum absolute atomic E-state index is 12.1. The van der Waals surface area contributed by atoms with Crippen LogP contribution in [0.1, 0.15) is 19.2 Å². The summed E-state index contributed by atoms with van der Waals surface area (Å²) in [6.45, 7) is 2.06. The largest absolute Gasteiger partial charge is 0.309 e. The molecular weight excluding hydrogens is 292 g/mol. The smallest absolute Gasteiger partial charge is 0.268 e. The molecule has 0 amide bonds. The number of nitrogens with one attached hydrogen (secondary N) is 1. The third-order valence-electron chi connectivity index (χ3n) is 3.06. The fourth-order valence-corrected chi connectivity index (χ4v) is 3.46. The van der Waals surface area contributed by atoms with Crippen LogP contribution in [-0.2, 0) is 6.42 Å². The third-order valence-corrected chi connectivity index (χ3v) is 4.54. The van der Waals surface area contributed by atoms with Crippen molar-refractivity contribution in [3.05, 3.63) is 51.5 Å². The van der Waals surface area contributed by atoms with Gasteiger partial charge in [0.1, 0.15) is 10.5 Å². The van der Waals surface area contributed by atoms with E-state index in [0.29, 0.717) is 9.72 Å². The van der Waals surface area contributed by atoms with Gasteiger partial charge < -0.3 is 4.98 Å². The molecule has 0 aliphatic carbocycles. The maximum atomic E-state index is 12.1. The molecular formula is C15H13ClN2OS. The van der Waals surface area contributed by atoms with Gasteiger partial charge in [0.2, 0.25) is 0 Å². The second kappa shape index (κ2) is 5.38. The van der Waals surface area contributed by atoms with E-state index in [1.807, 2.05) is 30.3 Å². The first-order valence-electron chi connectivity index (χ1n) is 6.46. The van der Waals surface area contributed by atoms with Crippen molar-refractivity contribution in [1.82, 2.24) is 9.97 Å². The van der Waals surface area contributed by atoms with Crippen molar-refractivity contribution in [2.75, 3.05) is 0 Å². The molecule has 0 spiro atoms. The van der Waals surface area contributed by atoms with E-state index in [1.165, 1.54) is 11.3 Å². The summed E-state index contributed by atoms with van der Waals surface area (Å²) in [5.74, 6) is 0.744. The quantitative estimate of drug-likeness (QED) is 0.786. The van der Waals surface area contributed by atoms with Crippen LogP contribution in [0.4, 0.5) is 0 Å². The molecule has 0 aliphatic heterocycles. The van der Waals surface area contributed by atoms with Crippen LogP contribution in [0, 0.1) is 0 Å². The van der Waals surface area contributed by atoms with Crippen molar-refractivity contribution in [2.24, 2.45) is 0 Å². The van der Waals surface area contributed by atoms with E-state index >= 15 is 0 Å². The average molecular weight is 305 g/mol. The Kier molecular flexibility index (Phi) is 3.59. The van der Waals surface area contributed by atoms with E-state index in [-0.39, 0.29) is 5.56 Å². The number of H-pyrrole nitrogens is 1.